The van der Waals surface area contributed by atoms with Crippen molar-refractivity contribution >= 4 is 45.6 Å². The summed E-state index contributed by atoms with van der Waals surface area (Å²) in [5, 5.41) is 3.94. The molecule has 1 aliphatic heterocycles. The summed E-state index contributed by atoms with van der Waals surface area (Å²) in [7, 11) is 0. The summed E-state index contributed by atoms with van der Waals surface area (Å²) in [5.41, 5.74) is 1.21. The van der Waals surface area contributed by atoms with Crippen LogP contribution in [-0.2, 0) is 22.4 Å². The number of aromatic nitrogens is 1. The number of amides is 2. The van der Waals surface area contributed by atoms with Crippen molar-refractivity contribution in [3.8, 4) is 0 Å². The first-order valence-electron chi connectivity index (χ1n) is 9.65. The molecule has 2 aromatic rings. The third-order valence-electron chi connectivity index (χ3n) is 5.48. The summed E-state index contributed by atoms with van der Waals surface area (Å²) in [4.78, 5) is 34.1. The minimum Gasteiger partial charge on any atom is -0.345 e. The number of halogens is 2. The molecule has 1 aromatic carbocycles. The van der Waals surface area contributed by atoms with Crippen LogP contribution in [0.4, 0.5) is 15.2 Å². The predicted molar refractivity (Wildman–Crippen MR) is 112 cm³/mol. The molecule has 9 heteroatoms. The zero-order chi connectivity index (χ0) is 20.5. The van der Waals surface area contributed by atoms with E-state index in [9.17, 15) is 14.0 Å². The van der Waals surface area contributed by atoms with E-state index in [1.165, 1.54) is 12.1 Å². The van der Waals surface area contributed by atoms with Crippen molar-refractivity contribution in [2.75, 3.05) is 36.4 Å². The first kappa shape index (κ1) is 20.1. The number of carbonyl (C=O) groups excluding carboxylic acids is 2. The van der Waals surface area contributed by atoms with E-state index in [0.29, 0.717) is 31.0 Å². The van der Waals surface area contributed by atoms with Crippen LogP contribution in [0.5, 0.6) is 0 Å². The number of nitrogens with zero attached hydrogens (tertiary/aromatic N) is 3. The highest BCUT2D eigenvalue weighted by Gasteiger charge is 2.30. The maximum absolute atomic E-state index is 14.0. The van der Waals surface area contributed by atoms with Gasteiger partial charge in [-0.3, -0.25) is 9.59 Å². The van der Waals surface area contributed by atoms with Gasteiger partial charge in [-0.25, -0.2) is 9.37 Å². The fourth-order valence-corrected chi connectivity index (χ4v) is 5.16. The molecule has 1 fully saturated rings. The van der Waals surface area contributed by atoms with Crippen LogP contribution in [-0.4, -0.2) is 47.9 Å². The predicted octanol–water partition coefficient (Wildman–Crippen LogP) is 3.35. The minimum atomic E-state index is -0.535. The lowest BCUT2D eigenvalue weighted by atomic mass is 9.90. The van der Waals surface area contributed by atoms with E-state index in [1.807, 2.05) is 4.90 Å². The molecule has 2 aliphatic rings. The zero-order valence-corrected chi connectivity index (χ0v) is 17.7. The highest BCUT2D eigenvalue weighted by atomic mass is 35.5. The van der Waals surface area contributed by atoms with Crippen molar-refractivity contribution < 1.29 is 14.0 Å². The van der Waals surface area contributed by atoms with E-state index in [0.717, 1.165) is 35.2 Å². The molecular weight excluding hydrogens is 415 g/mol. The molecule has 2 amide bonds. The maximum Gasteiger partial charge on any atom is 0.227 e. The number of hydrogen-bond acceptors (Lipinski definition) is 5. The van der Waals surface area contributed by atoms with E-state index < -0.39 is 5.82 Å². The van der Waals surface area contributed by atoms with Gasteiger partial charge in [0.2, 0.25) is 11.8 Å². The number of carbonyl (C=O) groups is 2. The van der Waals surface area contributed by atoms with Crippen LogP contribution in [0.15, 0.2) is 18.2 Å². The summed E-state index contributed by atoms with van der Waals surface area (Å²) >= 11 is 7.39. The van der Waals surface area contributed by atoms with Crippen LogP contribution in [0.3, 0.4) is 0 Å². The minimum absolute atomic E-state index is 0.106. The number of hydrogen-bond donors (Lipinski definition) is 1. The maximum atomic E-state index is 14.0. The number of aryl methyl sites for hydroxylation is 1. The SMILES string of the molecule is CC(=O)N1CCN(c2nc3c(s2)CC(C(=O)Nc2ccc(Cl)cc2F)CC3)CC1. The Labute approximate surface area is 177 Å². The molecule has 1 saturated heterocycles. The fraction of sp³-hybridized carbons (Fsp3) is 0.450. The number of thiazole rings is 1. The van der Waals surface area contributed by atoms with Gasteiger partial charge >= 0.3 is 0 Å². The van der Waals surface area contributed by atoms with Crippen molar-refractivity contribution in [1.29, 1.82) is 0 Å². The van der Waals surface area contributed by atoms with Gasteiger partial charge in [0.1, 0.15) is 5.82 Å². The Kier molecular flexibility index (Phi) is 5.74. The lowest BCUT2D eigenvalue weighted by molar-refractivity contribution is -0.129. The van der Waals surface area contributed by atoms with E-state index in [1.54, 1.807) is 24.3 Å². The van der Waals surface area contributed by atoms with Gasteiger partial charge in [0.25, 0.3) is 0 Å². The van der Waals surface area contributed by atoms with Crippen molar-refractivity contribution in [2.45, 2.75) is 26.2 Å². The number of benzene rings is 1. The topological polar surface area (TPSA) is 65.5 Å². The van der Waals surface area contributed by atoms with Gasteiger partial charge in [-0.2, -0.15) is 0 Å². The second-order valence-electron chi connectivity index (χ2n) is 7.41. The Bertz CT molecular complexity index is 943. The van der Waals surface area contributed by atoms with Crippen LogP contribution in [0.1, 0.15) is 23.9 Å². The summed E-state index contributed by atoms with van der Waals surface area (Å²) in [5.74, 6) is -0.816. The second-order valence-corrected chi connectivity index (χ2v) is 8.91. The molecule has 0 spiro atoms. The Morgan fingerprint density at radius 1 is 1.28 bits per heavy atom. The van der Waals surface area contributed by atoms with Crippen molar-refractivity contribution in [3.05, 3.63) is 39.6 Å². The largest absolute Gasteiger partial charge is 0.345 e. The lowest BCUT2D eigenvalue weighted by Gasteiger charge is -2.33. The first-order chi connectivity index (χ1) is 13.9. The fourth-order valence-electron chi connectivity index (χ4n) is 3.76. The number of anilines is 2. The average Bonchev–Trinajstić information content (AvgIpc) is 3.13. The third-order valence-corrected chi connectivity index (χ3v) is 6.90. The van der Waals surface area contributed by atoms with Gasteiger partial charge in [0.05, 0.1) is 11.4 Å². The number of nitrogens with one attached hydrogen (secondary N) is 1. The molecule has 1 unspecified atom stereocenters. The number of piperazine rings is 1. The third kappa shape index (κ3) is 4.38. The number of rotatable bonds is 3. The van der Waals surface area contributed by atoms with Gasteiger partial charge in [-0.15, -0.1) is 11.3 Å². The van der Waals surface area contributed by atoms with Crippen molar-refractivity contribution in [3.63, 3.8) is 0 Å². The van der Waals surface area contributed by atoms with Gasteiger partial charge in [-0.05, 0) is 37.5 Å². The highest BCUT2D eigenvalue weighted by molar-refractivity contribution is 7.15. The van der Waals surface area contributed by atoms with Crippen LogP contribution in [0, 0.1) is 11.7 Å². The summed E-state index contributed by atoms with van der Waals surface area (Å²) in [6, 6.07) is 4.23. The molecule has 4 rings (SSSR count). The lowest BCUT2D eigenvalue weighted by Crippen LogP contribution is -2.48. The highest BCUT2D eigenvalue weighted by Crippen LogP contribution is 2.35. The normalized spacial score (nSPS) is 19.1. The molecule has 0 bridgehead atoms. The molecule has 1 aliphatic carbocycles. The zero-order valence-electron chi connectivity index (χ0n) is 16.1. The van der Waals surface area contributed by atoms with E-state index in [-0.39, 0.29) is 23.4 Å². The average molecular weight is 437 g/mol. The Morgan fingerprint density at radius 3 is 2.72 bits per heavy atom. The summed E-state index contributed by atoms with van der Waals surface area (Å²) in [6.45, 7) is 4.55. The molecule has 0 saturated carbocycles. The molecular formula is C20H22ClFN4O2S. The van der Waals surface area contributed by atoms with E-state index in [2.05, 4.69) is 10.2 Å². The molecule has 2 heterocycles. The Balaban J connectivity index is 1.40. The van der Waals surface area contributed by atoms with Crippen molar-refractivity contribution in [1.82, 2.24) is 9.88 Å². The summed E-state index contributed by atoms with van der Waals surface area (Å²) < 4.78 is 14.0. The smallest absolute Gasteiger partial charge is 0.227 e. The molecule has 1 N–H and O–H groups in total. The van der Waals surface area contributed by atoms with Crippen LogP contribution < -0.4 is 10.2 Å². The Morgan fingerprint density at radius 2 is 2.03 bits per heavy atom. The van der Waals surface area contributed by atoms with Crippen LogP contribution in [0.2, 0.25) is 5.02 Å². The Hall–Kier alpha value is -2.19. The molecule has 1 atom stereocenters. The van der Waals surface area contributed by atoms with Gasteiger partial charge in [0.15, 0.2) is 5.13 Å². The van der Waals surface area contributed by atoms with Crippen LogP contribution in [0.25, 0.3) is 0 Å². The molecule has 6 nitrogen and oxygen atoms in total. The van der Waals surface area contributed by atoms with Gasteiger partial charge in [-0.1, -0.05) is 11.6 Å². The molecule has 1 aromatic heterocycles. The first-order valence-corrected chi connectivity index (χ1v) is 10.8. The van der Waals surface area contributed by atoms with Gasteiger partial charge in [0, 0.05) is 48.9 Å². The molecule has 29 heavy (non-hydrogen) atoms. The van der Waals surface area contributed by atoms with E-state index in [4.69, 9.17) is 16.6 Å². The second kappa shape index (κ2) is 8.28. The number of fused-ring (bicyclic) bond motifs is 1. The van der Waals surface area contributed by atoms with Crippen molar-refractivity contribution in [2.24, 2.45) is 5.92 Å². The van der Waals surface area contributed by atoms with E-state index >= 15 is 0 Å². The molecule has 0 radical (unpaired) electrons. The molecule has 154 valence electrons. The van der Waals surface area contributed by atoms with Crippen LogP contribution >= 0.6 is 22.9 Å². The van der Waals surface area contributed by atoms with Gasteiger partial charge < -0.3 is 15.1 Å². The quantitative estimate of drug-likeness (QED) is 0.801. The monoisotopic (exact) mass is 436 g/mol. The standard InChI is InChI=1S/C20H22ClFN4O2S/c1-12(27)25-6-8-26(9-7-25)20-24-17-4-2-13(10-18(17)29-20)19(28)23-16-5-3-14(21)11-15(16)22/h3,5,11,13H,2,4,6-10H2,1H3,(H,23,28). The summed E-state index contributed by atoms with van der Waals surface area (Å²) in [6.07, 6.45) is 2.04.